The Hall–Kier alpha value is -1.14. The maximum Gasteiger partial charge on any atom is 0.179 e. The number of anilines is 1. The van der Waals surface area contributed by atoms with Gasteiger partial charge in [-0.15, -0.1) is 0 Å². The Morgan fingerprint density at radius 3 is 2.74 bits per heavy atom. The largest absolute Gasteiger partial charge is 0.381 e. The summed E-state index contributed by atoms with van der Waals surface area (Å²) in [5, 5.41) is 3.24. The highest BCUT2D eigenvalue weighted by molar-refractivity contribution is 7.90. The Morgan fingerprint density at radius 2 is 2.11 bits per heavy atom. The van der Waals surface area contributed by atoms with Gasteiger partial charge in [-0.1, -0.05) is 0 Å². The quantitative estimate of drug-likeness (QED) is 0.911. The van der Waals surface area contributed by atoms with Gasteiger partial charge in [0.05, 0.1) is 0 Å². The van der Waals surface area contributed by atoms with Crippen LogP contribution in [0, 0.1) is 5.92 Å². The molecule has 0 radical (unpaired) electrons. The number of nitrogens with zero attached hydrogens (tertiary/aromatic N) is 1. The molecule has 1 aliphatic rings. The molecule has 1 aromatic heterocycles. The summed E-state index contributed by atoms with van der Waals surface area (Å²) in [5.41, 5.74) is 0. The van der Waals surface area contributed by atoms with Gasteiger partial charge in [-0.25, -0.2) is 13.4 Å². The number of pyridine rings is 1. The van der Waals surface area contributed by atoms with Crippen LogP contribution in [0.3, 0.4) is 0 Å². The predicted molar refractivity (Wildman–Crippen MR) is 74.0 cm³/mol. The highest BCUT2D eigenvalue weighted by atomic mass is 32.2. The van der Waals surface area contributed by atoms with E-state index in [0.29, 0.717) is 11.7 Å². The summed E-state index contributed by atoms with van der Waals surface area (Å²) in [6, 6.07) is 3.40. The maximum atomic E-state index is 11.7. The molecule has 0 bridgehead atoms. The molecule has 5 nitrogen and oxygen atoms in total. The first kappa shape index (κ1) is 14.3. The van der Waals surface area contributed by atoms with E-state index in [0.717, 1.165) is 26.1 Å². The SMILES string of the molecule is CC(Nc1ncccc1S(C)(=O)=O)C1CCOCC1. The van der Waals surface area contributed by atoms with Crippen molar-refractivity contribution in [2.24, 2.45) is 5.92 Å². The van der Waals surface area contributed by atoms with Crippen molar-refractivity contribution in [3.8, 4) is 0 Å². The Morgan fingerprint density at radius 1 is 1.42 bits per heavy atom. The third-order valence-corrected chi connectivity index (χ3v) is 4.64. The van der Waals surface area contributed by atoms with E-state index in [9.17, 15) is 8.42 Å². The van der Waals surface area contributed by atoms with Crippen molar-refractivity contribution in [2.45, 2.75) is 30.7 Å². The molecule has 1 unspecified atom stereocenters. The van der Waals surface area contributed by atoms with E-state index in [1.54, 1.807) is 18.3 Å². The number of rotatable bonds is 4. The number of nitrogens with one attached hydrogen (secondary N) is 1. The molecule has 2 rings (SSSR count). The number of sulfone groups is 1. The lowest BCUT2D eigenvalue weighted by molar-refractivity contribution is 0.0622. The van der Waals surface area contributed by atoms with Gasteiger partial charge in [0.1, 0.15) is 10.7 Å². The summed E-state index contributed by atoms with van der Waals surface area (Å²) in [5.74, 6) is 0.937. The molecule has 0 amide bonds. The van der Waals surface area contributed by atoms with Crippen LogP contribution in [-0.2, 0) is 14.6 Å². The van der Waals surface area contributed by atoms with Crippen molar-refractivity contribution in [1.82, 2.24) is 4.98 Å². The van der Waals surface area contributed by atoms with Gasteiger partial charge >= 0.3 is 0 Å². The van der Waals surface area contributed by atoms with Gasteiger partial charge in [-0.2, -0.15) is 0 Å². The molecule has 0 aliphatic carbocycles. The fraction of sp³-hybridized carbons (Fsp3) is 0.615. The predicted octanol–water partition coefficient (Wildman–Crippen LogP) is 1.71. The van der Waals surface area contributed by atoms with Crippen molar-refractivity contribution >= 4 is 15.7 Å². The maximum absolute atomic E-state index is 11.7. The molecule has 19 heavy (non-hydrogen) atoms. The van der Waals surface area contributed by atoms with Crippen molar-refractivity contribution < 1.29 is 13.2 Å². The van der Waals surface area contributed by atoms with Crippen LogP contribution >= 0.6 is 0 Å². The molecule has 106 valence electrons. The number of hydrogen-bond donors (Lipinski definition) is 1. The van der Waals surface area contributed by atoms with Gasteiger partial charge < -0.3 is 10.1 Å². The van der Waals surface area contributed by atoms with Crippen molar-refractivity contribution in [3.63, 3.8) is 0 Å². The van der Waals surface area contributed by atoms with Crippen LogP contribution in [0.2, 0.25) is 0 Å². The van der Waals surface area contributed by atoms with E-state index < -0.39 is 9.84 Å². The van der Waals surface area contributed by atoms with Crippen LogP contribution in [0.15, 0.2) is 23.2 Å². The molecular weight excluding hydrogens is 264 g/mol. The Bertz CT molecular complexity index is 524. The smallest absolute Gasteiger partial charge is 0.179 e. The average Bonchev–Trinajstić information content (AvgIpc) is 2.39. The van der Waals surface area contributed by atoms with Crippen molar-refractivity contribution in [1.29, 1.82) is 0 Å². The van der Waals surface area contributed by atoms with Gasteiger partial charge in [0.25, 0.3) is 0 Å². The average molecular weight is 284 g/mol. The molecule has 0 saturated carbocycles. The number of ether oxygens (including phenoxy) is 1. The van der Waals surface area contributed by atoms with Crippen LogP contribution in [0.5, 0.6) is 0 Å². The van der Waals surface area contributed by atoms with Crippen LogP contribution in [0.1, 0.15) is 19.8 Å². The fourth-order valence-electron chi connectivity index (χ4n) is 2.35. The van der Waals surface area contributed by atoms with Crippen molar-refractivity contribution in [3.05, 3.63) is 18.3 Å². The lowest BCUT2D eigenvalue weighted by Gasteiger charge is -2.29. The second-order valence-electron chi connectivity index (χ2n) is 5.01. The summed E-state index contributed by atoms with van der Waals surface area (Å²) in [6.45, 7) is 3.62. The summed E-state index contributed by atoms with van der Waals surface area (Å²) in [6.07, 6.45) is 4.80. The van der Waals surface area contributed by atoms with E-state index in [-0.39, 0.29) is 10.9 Å². The van der Waals surface area contributed by atoms with Gasteiger partial charge in [0.2, 0.25) is 0 Å². The summed E-state index contributed by atoms with van der Waals surface area (Å²) in [4.78, 5) is 4.42. The zero-order chi connectivity index (χ0) is 13.9. The van der Waals surface area contributed by atoms with Gasteiger partial charge in [-0.05, 0) is 37.8 Å². The molecule has 1 aromatic rings. The van der Waals surface area contributed by atoms with Crippen LogP contribution in [-0.4, -0.2) is 38.9 Å². The molecule has 1 atom stereocenters. The van der Waals surface area contributed by atoms with Crippen molar-refractivity contribution in [2.75, 3.05) is 24.8 Å². The second kappa shape index (κ2) is 5.88. The Labute approximate surface area is 114 Å². The molecule has 1 saturated heterocycles. The third-order valence-electron chi connectivity index (χ3n) is 3.51. The van der Waals surface area contributed by atoms with Gasteiger partial charge in [-0.3, -0.25) is 0 Å². The lowest BCUT2D eigenvalue weighted by Crippen LogP contribution is -2.31. The summed E-state index contributed by atoms with van der Waals surface area (Å²) < 4.78 is 28.8. The second-order valence-corrected chi connectivity index (χ2v) is 6.99. The van der Waals surface area contributed by atoms with Crippen LogP contribution in [0.25, 0.3) is 0 Å². The summed E-state index contributed by atoms with van der Waals surface area (Å²) >= 11 is 0. The standard InChI is InChI=1S/C13H20N2O3S/c1-10(11-5-8-18-9-6-11)15-13-12(19(2,16)17)4-3-7-14-13/h3-4,7,10-11H,5-6,8-9H2,1-2H3,(H,14,15). The molecule has 6 heteroatoms. The van der Waals surface area contributed by atoms with Crippen LogP contribution < -0.4 is 5.32 Å². The first-order valence-corrected chi connectivity index (χ1v) is 8.37. The molecular formula is C13H20N2O3S. The number of aromatic nitrogens is 1. The van der Waals surface area contributed by atoms with E-state index in [4.69, 9.17) is 4.74 Å². The molecule has 0 aromatic carbocycles. The molecule has 2 heterocycles. The fourth-order valence-corrected chi connectivity index (χ4v) is 3.14. The minimum Gasteiger partial charge on any atom is -0.381 e. The molecule has 1 aliphatic heterocycles. The van der Waals surface area contributed by atoms with Gasteiger partial charge in [0.15, 0.2) is 9.84 Å². The Balaban J connectivity index is 2.14. The number of hydrogen-bond acceptors (Lipinski definition) is 5. The minimum absolute atomic E-state index is 0.180. The monoisotopic (exact) mass is 284 g/mol. The zero-order valence-electron chi connectivity index (χ0n) is 11.3. The minimum atomic E-state index is -3.26. The third kappa shape index (κ3) is 3.67. The Kier molecular flexibility index (Phi) is 4.42. The first-order valence-electron chi connectivity index (χ1n) is 6.48. The zero-order valence-corrected chi connectivity index (χ0v) is 12.1. The highest BCUT2D eigenvalue weighted by Gasteiger charge is 2.22. The topological polar surface area (TPSA) is 68.3 Å². The van der Waals surface area contributed by atoms with Crippen LogP contribution in [0.4, 0.5) is 5.82 Å². The van der Waals surface area contributed by atoms with E-state index in [1.807, 2.05) is 0 Å². The van der Waals surface area contributed by atoms with E-state index in [1.165, 1.54) is 6.26 Å². The first-order chi connectivity index (χ1) is 8.98. The van der Waals surface area contributed by atoms with E-state index >= 15 is 0 Å². The normalized spacial score (nSPS) is 19.1. The molecule has 0 spiro atoms. The summed E-state index contributed by atoms with van der Waals surface area (Å²) in [7, 11) is -3.26. The molecule has 1 N–H and O–H groups in total. The van der Waals surface area contributed by atoms with E-state index in [2.05, 4.69) is 17.2 Å². The van der Waals surface area contributed by atoms with Gasteiger partial charge in [0, 0.05) is 31.7 Å². The molecule has 1 fully saturated rings. The lowest BCUT2D eigenvalue weighted by atomic mass is 9.93. The highest BCUT2D eigenvalue weighted by Crippen LogP contribution is 2.24.